The first-order valence-electron chi connectivity index (χ1n) is 7.94. The van der Waals surface area contributed by atoms with E-state index in [1.807, 2.05) is 12.1 Å². The Balaban J connectivity index is 1.53. The monoisotopic (exact) mass is 314 g/mol. The van der Waals surface area contributed by atoms with Crippen LogP contribution in [0.4, 0.5) is 0 Å². The highest BCUT2D eigenvalue weighted by atomic mass is 16.6. The third-order valence-electron chi connectivity index (χ3n) is 4.24. The Labute approximate surface area is 135 Å². The van der Waals surface area contributed by atoms with Crippen molar-refractivity contribution in [1.82, 2.24) is 0 Å². The second-order valence-electron chi connectivity index (χ2n) is 6.56. The number of hydrogen-bond donors (Lipinski definition) is 0. The molecule has 1 aromatic carbocycles. The molecule has 0 amide bonds. The summed E-state index contributed by atoms with van der Waals surface area (Å²) in [5, 5.41) is 0.885. The summed E-state index contributed by atoms with van der Waals surface area (Å²) in [6.07, 6.45) is 4.54. The molecule has 1 fully saturated rings. The molecule has 4 heteroatoms. The van der Waals surface area contributed by atoms with Crippen LogP contribution < -0.4 is 10.4 Å². The lowest BCUT2D eigenvalue weighted by Crippen LogP contribution is -2.03. The van der Waals surface area contributed by atoms with Gasteiger partial charge in [0, 0.05) is 17.5 Å². The topological polar surface area (TPSA) is 52.0 Å². The van der Waals surface area contributed by atoms with Gasteiger partial charge in [0.05, 0.1) is 11.7 Å². The lowest BCUT2D eigenvalue weighted by molar-refractivity contribution is 0.320. The summed E-state index contributed by atoms with van der Waals surface area (Å²) < 4.78 is 16.5. The van der Waals surface area contributed by atoms with Gasteiger partial charge in [0.15, 0.2) is 0 Å². The van der Waals surface area contributed by atoms with Gasteiger partial charge in [-0.1, -0.05) is 5.57 Å². The maximum absolute atomic E-state index is 11.2. The zero-order chi connectivity index (χ0) is 16.4. The average Bonchev–Trinajstić information content (AvgIpc) is 3.12. The highest BCUT2D eigenvalue weighted by Crippen LogP contribution is 2.38. The van der Waals surface area contributed by atoms with Crippen molar-refractivity contribution in [2.24, 2.45) is 0 Å². The first-order valence-corrected chi connectivity index (χ1v) is 7.94. The third-order valence-corrected chi connectivity index (χ3v) is 4.24. The molecule has 1 atom stereocenters. The molecule has 0 spiro atoms. The van der Waals surface area contributed by atoms with Crippen LogP contribution in [0.5, 0.6) is 5.75 Å². The van der Waals surface area contributed by atoms with E-state index in [0.29, 0.717) is 24.0 Å². The van der Waals surface area contributed by atoms with Crippen LogP contribution in [0.15, 0.2) is 51.2 Å². The van der Waals surface area contributed by atoms with Crippen molar-refractivity contribution in [3.63, 3.8) is 0 Å². The molecule has 1 saturated heterocycles. The molecule has 3 rings (SSSR count). The Hall–Kier alpha value is -2.07. The molecule has 1 aromatic heterocycles. The summed E-state index contributed by atoms with van der Waals surface area (Å²) in [5.41, 5.74) is 1.55. The molecule has 1 aliphatic rings. The van der Waals surface area contributed by atoms with E-state index in [1.54, 1.807) is 12.1 Å². The van der Waals surface area contributed by atoms with Crippen molar-refractivity contribution >= 4 is 11.0 Å². The van der Waals surface area contributed by atoms with E-state index in [2.05, 4.69) is 26.8 Å². The fourth-order valence-corrected chi connectivity index (χ4v) is 2.61. The average molecular weight is 314 g/mol. The van der Waals surface area contributed by atoms with Gasteiger partial charge in [0.1, 0.15) is 17.9 Å². The highest BCUT2D eigenvalue weighted by Gasteiger charge is 2.46. The van der Waals surface area contributed by atoms with Gasteiger partial charge in [-0.3, -0.25) is 0 Å². The Morgan fingerprint density at radius 1 is 1.30 bits per heavy atom. The molecule has 2 aromatic rings. The van der Waals surface area contributed by atoms with E-state index in [-0.39, 0.29) is 11.2 Å². The predicted molar refractivity (Wildman–Crippen MR) is 89.9 cm³/mol. The minimum atomic E-state index is -0.351. The summed E-state index contributed by atoms with van der Waals surface area (Å²) in [4.78, 5) is 11.2. The van der Waals surface area contributed by atoms with Gasteiger partial charge >= 0.3 is 5.63 Å². The molecule has 0 aliphatic carbocycles. The number of allylic oxidation sites excluding steroid dienone is 1. The number of epoxide rings is 1. The maximum atomic E-state index is 11.2. The fourth-order valence-electron chi connectivity index (χ4n) is 2.61. The smallest absolute Gasteiger partial charge is 0.336 e. The Bertz CT molecular complexity index is 785. The van der Waals surface area contributed by atoms with Crippen molar-refractivity contribution in [3.8, 4) is 5.75 Å². The van der Waals surface area contributed by atoms with Gasteiger partial charge in [0.2, 0.25) is 0 Å². The number of ether oxygens (including phenoxy) is 2. The van der Waals surface area contributed by atoms with Gasteiger partial charge in [-0.05, 0) is 57.9 Å². The molecule has 2 heterocycles. The molecule has 23 heavy (non-hydrogen) atoms. The standard InChI is InChI=1S/C19H22O4/c1-13(4-8-17-19(2,3)23-17)10-11-21-15-7-5-14-6-9-18(20)22-16(14)12-15/h5-7,9-10,12,17H,4,8,11H2,1-3H3/b13-10+/t17-/m1/s1. The fraction of sp³-hybridized carbons (Fsp3) is 0.421. The quantitative estimate of drug-likeness (QED) is 0.458. The second-order valence-corrected chi connectivity index (χ2v) is 6.56. The van der Waals surface area contributed by atoms with Crippen molar-refractivity contribution in [3.05, 3.63) is 52.4 Å². The van der Waals surface area contributed by atoms with Crippen LogP contribution in [-0.4, -0.2) is 18.3 Å². The first kappa shape index (κ1) is 15.8. The number of benzene rings is 1. The minimum absolute atomic E-state index is 0.0613. The summed E-state index contributed by atoms with van der Waals surface area (Å²) in [6.45, 7) is 6.86. The van der Waals surface area contributed by atoms with Crippen LogP contribution in [0, 0.1) is 0 Å². The summed E-state index contributed by atoms with van der Waals surface area (Å²) in [6, 6.07) is 8.68. The van der Waals surface area contributed by atoms with E-state index in [9.17, 15) is 4.79 Å². The van der Waals surface area contributed by atoms with E-state index in [4.69, 9.17) is 13.9 Å². The zero-order valence-corrected chi connectivity index (χ0v) is 13.8. The van der Waals surface area contributed by atoms with Gasteiger partial charge < -0.3 is 13.9 Å². The molecular formula is C19H22O4. The molecule has 0 unspecified atom stereocenters. The van der Waals surface area contributed by atoms with Crippen molar-refractivity contribution < 1.29 is 13.9 Å². The molecule has 0 bridgehead atoms. The Morgan fingerprint density at radius 3 is 2.78 bits per heavy atom. The largest absolute Gasteiger partial charge is 0.489 e. The Morgan fingerprint density at radius 2 is 2.04 bits per heavy atom. The maximum Gasteiger partial charge on any atom is 0.336 e. The number of rotatable bonds is 6. The lowest BCUT2D eigenvalue weighted by Gasteiger charge is -2.05. The van der Waals surface area contributed by atoms with E-state index in [0.717, 1.165) is 18.2 Å². The summed E-state index contributed by atoms with van der Waals surface area (Å²) in [5.74, 6) is 0.697. The molecule has 122 valence electrons. The van der Waals surface area contributed by atoms with Crippen LogP contribution in [0.2, 0.25) is 0 Å². The van der Waals surface area contributed by atoms with Gasteiger partial charge in [-0.2, -0.15) is 0 Å². The normalized spacial score (nSPS) is 19.8. The molecular weight excluding hydrogens is 292 g/mol. The predicted octanol–water partition coefficient (Wildman–Crippen LogP) is 4.08. The summed E-state index contributed by atoms with van der Waals surface area (Å²) >= 11 is 0. The molecule has 0 radical (unpaired) electrons. The molecule has 1 aliphatic heterocycles. The molecule has 0 saturated carbocycles. The third kappa shape index (κ3) is 4.02. The van der Waals surface area contributed by atoms with Gasteiger partial charge in [0.25, 0.3) is 0 Å². The zero-order valence-electron chi connectivity index (χ0n) is 13.8. The number of hydrogen-bond acceptors (Lipinski definition) is 4. The van der Waals surface area contributed by atoms with Crippen LogP contribution in [0.1, 0.15) is 33.6 Å². The van der Waals surface area contributed by atoms with Crippen molar-refractivity contribution in [2.75, 3.05) is 6.61 Å². The lowest BCUT2D eigenvalue weighted by atomic mass is 10.0. The Kier molecular flexibility index (Phi) is 4.26. The van der Waals surface area contributed by atoms with Crippen molar-refractivity contribution in [1.29, 1.82) is 0 Å². The van der Waals surface area contributed by atoms with Crippen LogP contribution >= 0.6 is 0 Å². The second kappa shape index (κ2) is 6.20. The first-order chi connectivity index (χ1) is 10.9. The minimum Gasteiger partial charge on any atom is -0.489 e. The van der Waals surface area contributed by atoms with E-state index >= 15 is 0 Å². The van der Waals surface area contributed by atoms with E-state index in [1.165, 1.54) is 11.6 Å². The van der Waals surface area contributed by atoms with Crippen LogP contribution in [0.25, 0.3) is 11.0 Å². The van der Waals surface area contributed by atoms with Crippen molar-refractivity contribution in [2.45, 2.75) is 45.3 Å². The molecule has 0 N–H and O–H groups in total. The SMILES string of the molecule is C/C(=C\COc1ccc2ccc(=O)oc2c1)CC[C@H]1OC1(C)C. The van der Waals surface area contributed by atoms with E-state index < -0.39 is 0 Å². The summed E-state index contributed by atoms with van der Waals surface area (Å²) in [7, 11) is 0. The van der Waals surface area contributed by atoms with Crippen LogP contribution in [0.3, 0.4) is 0 Å². The van der Waals surface area contributed by atoms with Gasteiger partial charge in [-0.25, -0.2) is 4.79 Å². The highest BCUT2D eigenvalue weighted by molar-refractivity contribution is 5.77. The van der Waals surface area contributed by atoms with Crippen LogP contribution in [-0.2, 0) is 4.74 Å². The number of fused-ring (bicyclic) bond motifs is 1. The van der Waals surface area contributed by atoms with Gasteiger partial charge in [-0.15, -0.1) is 0 Å². The molecule has 4 nitrogen and oxygen atoms in total.